The molecule has 1 saturated heterocycles. The molecule has 100 valence electrons. The Morgan fingerprint density at radius 3 is 2.18 bits per heavy atom. The summed E-state index contributed by atoms with van der Waals surface area (Å²) in [5.41, 5.74) is 0. The van der Waals surface area contributed by atoms with Crippen LogP contribution in [0.4, 0.5) is 0 Å². The second-order valence-electron chi connectivity index (χ2n) is 6.66. The SMILES string of the molecule is CCC(C)N(C1CCCCC1)[Si]1(C)CCCC1. The molecule has 0 N–H and O–H groups in total. The summed E-state index contributed by atoms with van der Waals surface area (Å²) in [4.78, 5) is 0. The highest BCUT2D eigenvalue weighted by Gasteiger charge is 2.42. The van der Waals surface area contributed by atoms with Crippen molar-refractivity contribution >= 4 is 8.24 Å². The molecule has 0 amide bonds. The molecule has 0 aromatic heterocycles. The summed E-state index contributed by atoms with van der Waals surface area (Å²) >= 11 is 0. The van der Waals surface area contributed by atoms with Gasteiger partial charge < -0.3 is 4.57 Å². The molecule has 1 aliphatic carbocycles. The lowest BCUT2D eigenvalue weighted by Crippen LogP contribution is -2.58. The maximum absolute atomic E-state index is 3.08. The minimum atomic E-state index is -1.05. The standard InChI is InChI=1S/C15H31NSi/c1-4-14(2)16(15-10-6-5-7-11-15)17(3)12-8-9-13-17/h14-15H,4-13H2,1-3H3. The van der Waals surface area contributed by atoms with Crippen LogP contribution in [0, 0.1) is 0 Å². The number of hydrogen-bond acceptors (Lipinski definition) is 1. The average molecular weight is 254 g/mol. The van der Waals surface area contributed by atoms with Crippen LogP contribution in [0.3, 0.4) is 0 Å². The summed E-state index contributed by atoms with van der Waals surface area (Å²) in [6.07, 6.45) is 11.8. The Balaban J connectivity index is 2.11. The lowest BCUT2D eigenvalue weighted by Gasteiger charge is -2.48. The molecule has 1 nitrogen and oxygen atoms in total. The maximum atomic E-state index is 3.08. The van der Waals surface area contributed by atoms with Gasteiger partial charge in [0.05, 0.1) is 0 Å². The minimum absolute atomic E-state index is 0.841. The van der Waals surface area contributed by atoms with Crippen molar-refractivity contribution < 1.29 is 0 Å². The van der Waals surface area contributed by atoms with Crippen LogP contribution >= 0.6 is 0 Å². The fourth-order valence-corrected chi connectivity index (χ4v) is 9.46. The highest BCUT2D eigenvalue weighted by atomic mass is 28.3. The summed E-state index contributed by atoms with van der Waals surface area (Å²) in [6, 6.07) is 4.95. The van der Waals surface area contributed by atoms with Crippen LogP contribution < -0.4 is 0 Å². The highest BCUT2D eigenvalue weighted by molar-refractivity contribution is 6.76. The van der Waals surface area contributed by atoms with Gasteiger partial charge in [-0.1, -0.05) is 52.5 Å². The van der Waals surface area contributed by atoms with E-state index in [-0.39, 0.29) is 0 Å². The Hall–Kier alpha value is 0.177. The van der Waals surface area contributed by atoms with Crippen molar-refractivity contribution in [2.75, 3.05) is 0 Å². The Morgan fingerprint density at radius 2 is 1.65 bits per heavy atom. The van der Waals surface area contributed by atoms with Gasteiger partial charge in [-0.15, -0.1) is 0 Å². The van der Waals surface area contributed by atoms with E-state index in [0.717, 1.165) is 12.1 Å². The predicted octanol–water partition coefficient (Wildman–Crippen LogP) is 4.79. The molecule has 2 fully saturated rings. The van der Waals surface area contributed by atoms with Crippen LogP contribution in [0.2, 0.25) is 18.6 Å². The molecular formula is C15H31NSi. The van der Waals surface area contributed by atoms with Gasteiger partial charge in [0.15, 0.2) is 0 Å². The van der Waals surface area contributed by atoms with Gasteiger partial charge in [-0.3, -0.25) is 0 Å². The highest BCUT2D eigenvalue weighted by Crippen LogP contribution is 2.38. The molecule has 0 aromatic rings. The van der Waals surface area contributed by atoms with Crippen LogP contribution in [0.1, 0.15) is 65.2 Å². The number of rotatable bonds is 4. The van der Waals surface area contributed by atoms with E-state index < -0.39 is 8.24 Å². The van der Waals surface area contributed by atoms with Crippen molar-refractivity contribution in [2.45, 2.75) is 95.9 Å². The van der Waals surface area contributed by atoms with Crippen LogP contribution in [0.5, 0.6) is 0 Å². The van der Waals surface area contributed by atoms with Crippen molar-refractivity contribution in [3.8, 4) is 0 Å². The molecule has 17 heavy (non-hydrogen) atoms. The lowest BCUT2D eigenvalue weighted by molar-refractivity contribution is 0.196. The fraction of sp³-hybridized carbons (Fsp3) is 1.00. The summed E-state index contributed by atoms with van der Waals surface area (Å²) in [7, 11) is -1.05. The fourth-order valence-electron chi connectivity index (χ4n) is 4.28. The van der Waals surface area contributed by atoms with Crippen molar-refractivity contribution in [2.24, 2.45) is 0 Å². The normalized spacial score (nSPS) is 27.5. The van der Waals surface area contributed by atoms with Crippen LogP contribution in [-0.2, 0) is 0 Å². The Kier molecular flexibility index (Phi) is 4.70. The van der Waals surface area contributed by atoms with Gasteiger partial charge in [0.25, 0.3) is 0 Å². The zero-order valence-corrected chi connectivity index (χ0v) is 13.2. The first-order valence-corrected chi connectivity index (χ1v) is 10.8. The van der Waals surface area contributed by atoms with Crippen LogP contribution in [0.15, 0.2) is 0 Å². The molecule has 0 aromatic carbocycles. The third-order valence-corrected chi connectivity index (χ3v) is 10.3. The summed E-state index contributed by atoms with van der Waals surface area (Å²) in [6.45, 7) is 7.55. The van der Waals surface area contributed by atoms with Crippen LogP contribution in [0.25, 0.3) is 0 Å². The van der Waals surface area contributed by atoms with Gasteiger partial charge in [-0.05, 0) is 31.4 Å². The molecule has 1 saturated carbocycles. The maximum Gasteiger partial charge on any atom is 0.125 e. The molecule has 0 radical (unpaired) electrons. The zero-order valence-electron chi connectivity index (χ0n) is 12.2. The Labute approximate surface area is 109 Å². The largest absolute Gasteiger partial charge is 0.318 e. The van der Waals surface area contributed by atoms with E-state index in [1.165, 1.54) is 51.4 Å². The van der Waals surface area contributed by atoms with E-state index in [1.807, 2.05) is 0 Å². The van der Waals surface area contributed by atoms with Crippen LogP contribution in [-0.4, -0.2) is 24.9 Å². The van der Waals surface area contributed by atoms with Gasteiger partial charge >= 0.3 is 0 Å². The van der Waals surface area contributed by atoms with Crippen molar-refractivity contribution in [1.29, 1.82) is 0 Å². The van der Waals surface area contributed by atoms with E-state index >= 15 is 0 Å². The topological polar surface area (TPSA) is 3.24 Å². The van der Waals surface area contributed by atoms with Crippen molar-refractivity contribution in [3.63, 3.8) is 0 Å². The van der Waals surface area contributed by atoms with E-state index in [4.69, 9.17) is 0 Å². The monoisotopic (exact) mass is 253 g/mol. The summed E-state index contributed by atoms with van der Waals surface area (Å²) in [5, 5.41) is 0. The Bertz CT molecular complexity index is 229. The summed E-state index contributed by atoms with van der Waals surface area (Å²) < 4.78 is 3.08. The molecule has 0 bridgehead atoms. The second kappa shape index (κ2) is 5.88. The Morgan fingerprint density at radius 1 is 1.06 bits per heavy atom. The van der Waals surface area contributed by atoms with Gasteiger partial charge in [0.2, 0.25) is 0 Å². The average Bonchev–Trinajstić information content (AvgIpc) is 2.78. The summed E-state index contributed by atoms with van der Waals surface area (Å²) in [5.74, 6) is 0. The van der Waals surface area contributed by atoms with Gasteiger partial charge in [-0.25, -0.2) is 0 Å². The van der Waals surface area contributed by atoms with Crippen molar-refractivity contribution in [3.05, 3.63) is 0 Å². The van der Waals surface area contributed by atoms with E-state index in [2.05, 4.69) is 25.0 Å². The number of nitrogens with zero attached hydrogens (tertiary/aromatic N) is 1. The quantitative estimate of drug-likeness (QED) is 0.651. The smallest absolute Gasteiger partial charge is 0.125 e. The third-order valence-electron chi connectivity index (χ3n) is 5.34. The molecule has 2 rings (SSSR count). The van der Waals surface area contributed by atoms with Crippen molar-refractivity contribution in [1.82, 2.24) is 4.57 Å². The minimum Gasteiger partial charge on any atom is -0.318 e. The van der Waals surface area contributed by atoms with Gasteiger partial charge in [0.1, 0.15) is 8.24 Å². The molecule has 1 unspecified atom stereocenters. The molecule has 1 atom stereocenters. The molecular weight excluding hydrogens is 222 g/mol. The first kappa shape index (κ1) is 13.6. The van der Waals surface area contributed by atoms with Gasteiger partial charge in [0, 0.05) is 12.1 Å². The second-order valence-corrected chi connectivity index (χ2v) is 11.2. The molecule has 2 aliphatic rings. The first-order valence-electron chi connectivity index (χ1n) is 7.96. The third kappa shape index (κ3) is 2.95. The first-order chi connectivity index (χ1) is 8.17. The predicted molar refractivity (Wildman–Crippen MR) is 78.9 cm³/mol. The molecule has 1 heterocycles. The molecule has 1 aliphatic heterocycles. The van der Waals surface area contributed by atoms with E-state index in [1.54, 1.807) is 12.1 Å². The zero-order chi connectivity index (χ0) is 12.3. The number of hydrogen-bond donors (Lipinski definition) is 0. The van der Waals surface area contributed by atoms with E-state index in [9.17, 15) is 0 Å². The van der Waals surface area contributed by atoms with Gasteiger partial charge in [-0.2, -0.15) is 0 Å². The molecule has 0 spiro atoms. The lowest BCUT2D eigenvalue weighted by atomic mass is 9.95. The molecule has 2 heteroatoms. The van der Waals surface area contributed by atoms with E-state index in [0.29, 0.717) is 0 Å².